The van der Waals surface area contributed by atoms with Gasteiger partial charge in [-0.2, -0.15) is 0 Å². The molecule has 2 aromatic rings. The number of hydrogen-bond acceptors (Lipinski definition) is 2. The van der Waals surface area contributed by atoms with Crippen LogP contribution >= 0.6 is 0 Å². The van der Waals surface area contributed by atoms with Crippen molar-refractivity contribution in [3.05, 3.63) is 54.1 Å². The number of amides is 1. The topological polar surface area (TPSA) is 57.6 Å². The standard InChI is InChI=1S/C19H17NO3/c21-17(19(10-11-19)18(22)23)20-12-9-15-14(7-4-8-16(15)20)13-5-2-1-3-6-13/h1-8H,9-12H2,(H,22,23). The van der Waals surface area contributed by atoms with Gasteiger partial charge in [-0.15, -0.1) is 0 Å². The van der Waals surface area contributed by atoms with E-state index in [9.17, 15) is 14.7 Å². The first-order valence-electron chi connectivity index (χ1n) is 7.86. The van der Waals surface area contributed by atoms with Crippen LogP contribution in [0.4, 0.5) is 5.69 Å². The van der Waals surface area contributed by atoms with Gasteiger partial charge in [-0.1, -0.05) is 42.5 Å². The summed E-state index contributed by atoms with van der Waals surface area (Å²) < 4.78 is 0. The smallest absolute Gasteiger partial charge is 0.319 e. The Morgan fingerprint density at radius 2 is 1.74 bits per heavy atom. The van der Waals surface area contributed by atoms with Gasteiger partial charge in [0.25, 0.3) is 0 Å². The molecule has 4 nitrogen and oxygen atoms in total. The Morgan fingerprint density at radius 1 is 1.00 bits per heavy atom. The van der Waals surface area contributed by atoms with E-state index < -0.39 is 11.4 Å². The first kappa shape index (κ1) is 14.0. The van der Waals surface area contributed by atoms with E-state index in [0.29, 0.717) is 19.4 Å². The quantitative estimate of drug-likeness (QED) is 0.886. The number of nitrogens with zero attached hydrogens (tertiary/aromatic N) is 1. The van der Waals surface area contributed by atoms with Crippen LogP contribution in [0, 0.1) is 5.41 Å². The van der Waals surface area contributed by atoms with E-state index in [1.165, 1.54) is 0 Å². The molecule has 0 saturated heterocycles. The molecule has 116 valence electrons. The summed E-state index contributed by atoms with van der Waals surface area (Å²) in [4.78, 5) is 25.8. The van der Waals surface area contributed by atoms with Crippen molar-refractivity contribution in [2.24, 2.45) is 5.41 Å². The van der Waals surface area contributed by atoms with Crippen molar-refractivity contribution in [3.63, 3.8) is 0 Å². The van der Waals surface area contributed by atoms with Crippen molar-refractivity contribution in [1.29, 1.82) is 0 Å². The Balaban J connectivity index is 1.74. The lowest BCUT2D eigenvalue weighted by atomic mass is 9.98. The number of aliphatic carboxylic acids is 1. The Labute approximate surface area is 134 Å². The minimum Gasteiger partial charge on any atom is -0.480 e. The molecule has 0 spiro atoms. The molecule has 1 heterocycles. The third kappa shape index (κ3) is 2.05. The molecular weight excluding hydrogens is 290 g/mol. The third-order valence-electron chi connectivity index (χ3n) is 4.93. The van der Waals surface area contributed by atoms with Gasteiger partial charge >= 0.3 is 5.97 Å². The lowest BCUT2D eigenvalue weighted by Gasteiger charge is -2.21. The van der Waals surface area contributed by atoms with Crippen LogP contribution in [0.2, 0.25) is 0 Å². The van der Waals surface area contributed by atoms with E-state index in [-0.39, 0.29) is 5.91 Å². The van der Waals surface area contributed by atoms with Crippen molar-refractivity contribution >= 4 is 17.6 Å². The monoisotopic (exact) mass is 307 g/mol. The van der Waals surface area contributed by atoms with Crippen molar-refractivity contribution in [2.75, 3.05) is 11.4 Å². The predicted octanol–water partition coefficient (Wildman–Crippen LogP) is 3.11. The summed E-state index contributed by atoms with van der Waals surface area (Å²) >= 11 is 0. The number of fused-ring (bicyclic) bond motifs is 1. The van der Waals surface area contributed by atoms with Gasteiger partial charge in [0.15, 0.2) is 0 Å². The zero-order valence-electron chi connectivity index (χ0n) is 12.7. The number of hydrogen-bond donors (Lipinski definition) is 1. The summed E-state index contributed by atoms with van der Waals surface area (Å²) in [6.07, 6.45) is 1.67. The Bertz CT molecular complexity index is 794. The Hall–Kier alpha value is -2.62. The lowest BCUT2D eigenvalue weighted by Crippen LogP contribution is -2.40. The molecule has 2 aliphatic rings. The van der Waals surface area contributed by atoms with Gasteiger partial charge in [-0.3, -0.25) is 9.59 Å². The lowest BCUT2D eigenvalue weighted by molar-refractivity contribution is -0.148. The molecule has 23 heavy (non-hydrogen) atoms. The van der Waals surface area contributed by atoms with Gasteiger partial charge < -0.3 is 10.0 Å². The Kier molecular flexibility index (Phi) is 3.01. The Morgan fingerprint density at radius 3 is 2.39 bits per heavy atom. The summed E-state index contributed by atoms with van der Waals surface area (Å²) in [7, 11) is 0. The molecule has 4 rings (SSSR count). The molecule has 0 atom stereocenters. The second-order valence-corrected chi connectivity index (χ2v) is 6.26. The maximum atomic E-state index is 12.7. The molecule has 2 aromatic carbocycles. The van der Waals surface area contributed by atoms with Crippen LogP contribution in [0.3, 0.4) is 0 Å². The van der Waals surface area contributed by atoms with Crippen LogP contribution in [0.1, 0.15) is 18.4 Å². The third-order valence-corrected chi connectivity index (χ3v) is 4.93. The normalized spacial score (nSPS) is 17.7. The molecule has 1 amide bonds. The van der Waals surface area contributed by atoms with Gasteiger partial charge in [0, 0.05) is 12.2 Å². The van der Waals surface area contributed by atoms with Gasteiger partial charge in [-0.25, -0.2) is 0 Å². The van der Waals surface area contributed by atoms with Crippen LogP contribution < -0.4 is 4.90 Å². The second-order valence-electron chi connectivity index (χ2n) is 6.26. The maximum absolute atomic E-state index is 12.7. The highest BCUT2D eigenvalue weighted by atomic mass is 16.4. The molecule has 1 N–H and O–H groups in total. The number of carboxylic acid groups (broad SMARTS) is 1. The molecule has 0 radical (unpaired) electrons. The molecule has 4 heteroatoms. The molecule has 1 fully saturated rings. The number of anilines is 1. The molecule has 1 aliphatic heterocycles. The zero-order chi connectivity index (χ0) is 16.0. The minimum atomic E-state index is -1.18. The van der Waals surface area contributed by atoms with Crippen LogP contribution in [0.5, 0.6) is 0 Å². The van der Waals surface area contributed by atoms with E-state index in [2.05, 4.69) is 18.2 Å². The van der Waals surface area contributed by atoms with Crippen molar-refractivity contribution in [1.82, 2.24) is 0 Å². The molecule has 0 unspecified atom stereocenters. The summed E-state index contributed by atoms with van der Waals surface area (Å²) in [5, 5.41) is 9.37. The fraction of sp³-hybridized carbons (Fsp3) is 0.263. The van der Waals surface area contributed by atoms with Crippen molar-refractivity contribution in [2.45, 2.75) is 19.3 Å². The van der Waals surface area contributed by atoms with Crippen molar-refractivity contribution < 1.29 is 14.7 Å². The first-order chi connectivity index (χ1) is 11.1. The molecule has 1 saturated carbocycles. The SMILES string of the molecule is O=C(O)C1(C(=O)N2CCc3c(-c4ccccc4)cccc32)CC1. The maximum Gasteiger partial charge on any atom is 0.319 e. The predicted molar refractivity (Wildman–Crippen MR) is 87.2 cm³/mol. The molecule has 0 aromatic heterocycles. The second kappa shape index (κ2) is 4.95. The fourth-order valence-electron chi connectivity index (χ4n) is 3.44. The van der Waals surface area contributed by atoms with E-state index in [4.69, 9.17) is 0 Å². The minimum absolute atomic E-state index is 0.256. The average Bonchev–Trinajstić information content (AvgIpc) is 3.28. The highest BCUT2D eigenvalue weighted by Crippen LogP contribution is 2.49. The summed E-state index contributed by atoms with van der Waals surface area (Å²) in [6, 6.07) is 16.0. The average molecular weight is 307 g/mol. The number of rotatable bonds is 3. The highest BCUT2D eigenvalue weighted by molar-refractivity contribution is 6.13. The molecule has 0 bridgehead atoms. The van der Waals surface area contributed by atoms with E-state index in [1.807, 2.05) is 30.3 Å². The number of carbonyl (C=O) groups is 2. The van der Waals surface area contributed by atoms with Gasteiger partial charge in [-0.05, 0) is 42.0 Å². The van der Waals surface area contributed by atoms with Gasteiger partial charge in [0.2, 0.25) is 5.91 Å². The summed E-state index contributed by atoms with van der Waals surface area (Å²) in [5.74, 6) is -1.25. The first-order valence-corrected chi connectivity index (χ1v) is 7.86. The van der Waals surface area contributed by atoms with Crippen molar-refractivity contribution in [3.8, 4) is 11.1 Å². The van der Waals surface area contributed by atoms with Crippen LogP contribution in [0.15, 0.2) is 48.5 Å². The number of benzene rings is 2. The van der Waals surface area contributed by atoms with E-state index in [0.717, 1.165) is 28.8 Å². The largest absolute Gasteiger partial charge is 0.480 e. The van der Waals surface area contributed by atoms with Crippen LogP contribution in [-0.4, -0.2) is 23.5 Å². The molecular formula is C19H17NO3. The fourth-order valence-corrected chi connectivity index (χ4v) is 3.44. The van der Waals surface area contributed by atoms with Crippen LogP contribution in [0.25, 0.3) is 11.1 Å². The van der Waals surface area contributed by atoms with Gasteiger partial charge in [0.05, 0.1) is 0 Å². The van der Waals surface area contributed by atoms with E-state index in [1.54, 1.807) is 4.90 Å². The summed E-state index contributed by atoms with van der Waals surface area (Å²) in [6.45, 7) is 0.563. The van der Waals surface area contributed by atoms with E-state index >= 15 is 0 Å². The zero-order valence-corrected chi connectivity index (χ0v) is 12.7. The molecule has 1 aliphatic carbocycles. The summed E-state index contributed by atoms with van der Waals surface area (Å²) in [5.41, 5.74) is 3.07. The van der Waals surface area contributed by atoms with Gasteiger partial charge in [0.1, 0.15) is 5.41 Å². The highest BCUT2D eigenvalue weighted by Gasteiger charge is 2.59. The van der Waals surface area contributed by atoms with Crippen LogP contribution in [-0.2, 0) is 16.0 Å². The number of carboxylic acids is 1. The number of carbonyl (C=O) groups excluding carboxylic acids is 1.